The van der Waals surface area contributed by atoms with Crippen LogP contribution in [0.15, 0.2) is 0 Å². The molecule has 0 aromatic carbocycles. The average molecular weight is 167 g/mol. The Labute approximate surface area is 75.9 Å². The lowest BCUT2D eigenvalue weighted by Gasteiger charge is -2.40. The van der Waals surface area contributed by atoms with Gasteiger partial charge in [-0.3, -0.25) is 0 Å². The summed E-state index contributed by atoms with van der Waals surface area (Å²) in [5.41, 5.74) is 1.35. The molecule has 0 amide bonds. The highest BCUT2D eigenvalue weighted by atomic mass is 15.3. The summed E-state index contributed by atoms with van der Waals surface area (Å²) in [6, 6.07) is 0.812. The second-order valence-electron chi connectivity index (χ2n) is 6.18. The van der Waals surface area contributed by atoms with Gasteiger partial charge in [0.25, 0.3) is 0 Å². The molecule has 1 N–H and O–H groups in total. The molecule has 1 unspecified atom stereocenters. The van der Waals surface area contributed by atoms with Crippen molar-refractivity contribution in [1.82, 2.24) is 5.32 Å². The van der Waals surface area contributed by atoms with Gasteiger partial charge in [-0.25, -0.2) is 0 Å². The summed E-state index contributed by atoms with van der Waals surface area (Å²) in [7, 11) is 0. The molecule has 0 aromatic rings. The minimum absolute atomic E-state index is 0.414. The van der Waals surface area contributed by atoms with E-state index >= 15 is 0 Å². The molecule has 1 heterocycles. The van der Waals surface area contributed by atoms with Crippen molar-refractivity contribution in [3.05, 3.63) is 0 Å². The van der Waals surface area contributed by atoms with E-state index in [1.807, 2.05) is 0 Å². The molecule has 2 rings (SSSR count). The number of hydrogen-bond acceptors (Lipinski definition) is 1. The van der Waals surface area contributed by atoms with Crippen molar-refractivity contribution in [2.24, 2.45) is 10.8 Å². The molecule has 70 valence electrons. The van der Waals surface area contributed by atoms with E-state index in [9.17, 15) is 0 Å². The van der Waals surface area contributed by atoms with Gasteiger partial charge in [-0.2, -0.15) is 0 Å². The van der Waals surface area contributed by atoms with Gasteiger partial charge in [0.15, 0.2) is 0 Å². The molecule has 0 aromatic heterocycles. The fourth-order valence-corrected chi connectivity index (χ4v) is 3.65. The molecule has 0 bridgehead atoms. The van der Waals surface area contributed by atoms with E-state index in [0.717, 1.165) is 6.04 Å². The molecule has 2 aliphatic rings. The zero-order chi connectivity index (χ0) is 9.20. The average Bonchev–Trinajstić information content (AvgIpc) is 2.51. The van der Waals surface area contributed by atoms with Crippen LogP contribution in [0.4, 0.5) is 0 Å². The topological polar surface area (TPSA) is 21.9 Å². The predicted molar refractivity (Wildman–Crippen MR) is 52.1 cm³/mol. The highest BCUT2D eigenvalue weighted by molar-refractivity contribution is 5.29. The van der Waals surface area contributed by atoms with Crippen molar-refractivity contribution >= 4 is 0 Å². The molecule has 0 radical (unpaired) electrons. The number of hydrogen-bond donors (Lipinski definition) is 1. The molecule has 1 saturated carbocycles. The summed E-state index contributed by atoms with van der Waals surface area (Å²) in [5, 5.41) is 3.71. The Morgan fingerprint density at radius 3 is 2.00 bits per heavy atom. The van der Waals surface area contributed by atoms with Crippen LogP contribution >= 0.6 is 0 Å². The Kier molecular flexibility index (Phi) is 1.35. The van der Waals surface area contributed by atoms with Crippen molar-refractivity contribution in [2.75, 3.05) is 0 Å². The summed E-state index contributed by atoms with van der Waals surface area (Å²) in [4.78, 5) is 0. The van der Waals surface area contributed by atoms with Gasteiger partial charge in [0.1, 0.15) is 0 Å². The Balaban J connectivity index is 2.35. The molecule has 2 fully saturated rings. The minimum atomic E-state index is 0.414. The van der Waals surface area contributed by atoms with Gasteiger partial charge in [-0.1, -0.05) is 34.6 Å². The van der Waals surface area contributed by atoms with Crippen LogP contribution in [0.3, 0.4) is 0 Å². The maximum absolute atomic E-state index is 3.71. The molecule has 1 nitrogen and oxygen atoms in total. The highest BCUT2D eigenvalue weighted by Gasteiger charge is 2.71. The third-order valence-corrected chi connectivity index (χ3v) is 4.15. The zero-order valence-electron chi connectivity index (χ0n) is 8.99. The number of piperidine rings is 1. The maximum atomic E-state index is 3.71. The molecular weight excluding hydrogens is 146 g/mol. The maximum Gasteiger partial charge on any atom is 0.0438 e. The van der Waals surface area contributed by atoms with Crippen molar-refractivity contribution in [2.45, 2.75) is 59.0 Å². The van der Waals surface area contributed by atoms with Crippen molar-refractivity contribution < 1.29 is 0 Å². The standard InChI is InChI=1S/C11H21N/c1-9(2,3)11-8(12-11)6-7-10(11,4)5/h8,12H,6-7H2,1-5H3/t8?,11-/m0/s1. The zero-order valence-corrected chi connectivity index (χ0v) is 8.99. The fraction of sp³-hybridized carbons (Fsp3) is 1.00. The first kappa shape index (κ1) is 8.55. The summed E-state index contributed by atoms with van der Waals surface area (Å²) in [6.07, 6.45) is 2.77. The van der Waals surface area contributed by atoms with Crippen LogP contribution in [-0.4, -0.2) is 11.6 Å². The van der Waals surface area contributed by atoms with Crippen LogP contribution in [0.1, 0.15) is 47.5 Å². The van der Waals surface area contributed by atoms with Crippen LogP contribution in [-0.2, 0) is 0 Å². The van der Waals surface area contributed by atoms with E-state index in [1.54, 1.807) is 0 Å². The Hall–Kier alpha value is -0.0400. The molecular formula is C11H21N. The van der Waals surface area contributed by atoms with Gasteiger partial charge >= 0.3 is 0 Å². The van der Waals surface area contributed by atoms with E-state index in [0.29, 0.717) is 16.4 Å². The van der Waals surface area contributed by atoms with E-state index in [4.69, 9.17) is 0 Å². The van der Waals surface area contributed by atoms with Gasteiger partial charge in [0.05, 0.1) is 0 Å². The second-order valence-corrected chi connectivity index (χ2v) is 6.18. The summed E-state index contributed by atoms with van der Waals surface area (Å²) in [6.45, 7) is 11.9. The van der Waals surface area contributed by atoms with Gasteiger partial charge < -0.3 is 5.32 Å². The quantitative estimate of drug-likeness (QED) is 0.550. The lowest BCUT2D eigenvalue weighted by Crippen LogP contribution is -2.44. The molecule has 0 spiro atoms. The normalized spacial score (nSPS) is 44.2. The minimum Gasteiger partial charge on any atom is -0.304 e. The third-order valence-electron chi connectivity index (χ3n) is 4.15. The van der Waals surface area contributed by atoms with Crippen LogP contribution < -0.4 is 5.32 Å². The van der Waals surface area contributed by atoms with Crippen molar-refractivity contribution in [3.63, 3.8) is 0 Å². The lowest BCUT2D eigenvalue weighted by atomic mass is 9.66. The molecule has 1 heteroatoms. The predicted octanol–water partition coefficient (Wildman–Crippen LogP) is 2.56. The first-order chi connectivity index (χ1) is 5.31. The Bertz CT molecular complexity index is 212. The first-order valence-corrected chi connectivity index (χ1v) is 5.09. The first-order valence-electron chi connectivity index (χ1n) is 5.09. The third kappa shape index (κ3) is 0.736. The highest BCUT2D eigenvalue weighted by Crippen LogP contribution is 2.62. The summed E-state index contributed by atoms with van der Waals surface area (Å²) >= 11 is 0. The largest absolute Gasteiger partial charge is 0.304 e. The molecule has 2 atom stereocenters. The van der Waals surface area contributed by atoms with Crippen LogP contribution in [0.5, 0.6) is 0 Å². The lowest BCUT2D eigenvalue weighted by molar-refractivity contribution is 0.141. The second kappa shape index (κ2) is 1.89. The summed E-state index contributed by atoms with van der Waals surface area (Å²) in [5.74, 6) is 0. The molecule has 1 aliphatic heterocycles. The van der Waals surface area contributed by atoms with Crippen LogP contribution in [0, 0.1) is 10.8 Å². The van der Waals surface area contributed by atoms with E-state index in [-0.39, 0.29) is 0 Å². The molecule has 12 heavy (non-hydrogen) atoms. The molecule has 1 saturated heterocycles. The van der Waals surface area contributed by atoms with Gasteiger partial charge in [-0.15, -0.1) is 0 Å². The fourth-order valence-electron chi connectivity index (χ4n) is 3.65. The summed E-state index contributed by atoms with van der Waals surface area (Å²) < 4.78 is 0. The van der Waals surface area contributed by atoms with Gasteiger partial charge in [-0.05, 0) is 23.7 Å². The number of nitrogens with one attached hydrogen (secondary N) is 1. The van der Waals surface area contributed by atoms with Crippen molar-refractivity contribution in [1.29, 1.82) is 0 Å². The monoisotopic (exact) mass is 167 g/mol. The van der Waals surface area contributed by atoms with E-state index in [1.165, 1.54) is 12.8 Å². The molecule has 1 aliphatic carbocycles. The van der Waals surface area contributed by atoms with Gasteiger partial charge in [0, 0.05) is 11.6 Å². The Morgan fingerprint density at radius 1 is 1.25 bits per heavy atom. The van der Waals surface area contributed by atoms with Gasteiger partial charge in [0.2, 0.25) is 0 Å². The Morgan fingerprint density at radius 2 is 1.83 bits per heavy atom. The number of rotatable bonds is 0. The van der Waals surface area contributed by atoms with E-state index in [2.05, 4.69) is 39.9 Å². The van der Waals surface area contributed by atoms with Crippen LogP contribution in [0.25, 0.3) is 0 Å². The van der Waals surface area contributed by atoms with E-state index < -0.39 is 0 Å². The van der Waals surface area contributed by atoms with Crippen molar-refractivity contribution in [3.8, 4) is 0 Å². The van der Waals surface area contributed by atoms with Crippen LogP contribution in [0.2, 0.25) is 0 Å². The number of fused-ring (bicyclic) bond motifs is 1. The SMILES string of the molecule is CC(C)(C)[C@@]12NC1CCC2(C)C. The smallest absolute Gasteiger partial charge is 0.0438 e.